The van der Waals surface area contributed by atoms with Gasteiger partial charge < -0.3 is 4.52 Å². The molecule has 24 heavy (non-hydrogen) atoms. The van der Waals surface area contributed by atoms with Gasteiger partial charge in [0.15, 0.2) is 6.33 Å². The zero-order valence-corrected chi connectivity index (χ0v) is 14.0. The van der Waals surface area contributed by atoms with Gasteiger partial charge in [0.25, 0.3) is 5.56 Å². The largest absolute Gasteiger partial charge is 0.338 e. The number of hydrogen-bond acceptors (Lipinski definition) is 6. The second-order valence-corrected chi connectivity index (χ2v) is 6.99. The SMILES string of the molecule is CC(c1ncno1)N1CCC(Cn2nc(C3CC3)ccc2=O)CC1. The Balaban J connectivity index is 1.36. The van der Waals surface area contributed by atoms with Crippen LogP contribution in [0.25, 0.3) is 0 Å². The van der Waals surface area contributed by atoms with E-state index in [0.717, 1.165) is 38.2 Å². The highest BCUT2D eigenvalue weighted by Crippen LogP contribution is 2.38. The van der Waals surface area contributed by atoms with Gasteiger partial charge in [-0.15, -0.1) is 0 Å². The van der Waals surface area contributed by atoms with E-state index >= 15 is 0 Å². The molecule has 1 aliphatic carbocycles. The molecule has 2 aliphatic rings. The molecule has 0 bridgehead atoms. The monoisotopic (exact) mass is 329 g/mol. The predicted octanol–water partition coefficient (Wildman–Crippen LogP) is 1.98. The Kier molecular flexibility index (Phi) is 4.18. The molecule has 0 aromatic carbocycles. The van der Waals surface area contributed by atoms with E-state index < -0.39 is 0 Å². The lowest BCUT2D eigenvalue weighted by Crippen LogP contribution is -2.38. The standard InChI is InChI=1S/C17H23N5O2/c1-12(17-18-11-19-24-17)21-8-6-13(7-9-21)10-22-16(23)5-4-15(20-22)14-2-3-14/h4-5,11-14H,2-3,6-10H2,1H3. The molecule has 2 aromatic rings. The highest BCUT2D eigenvalue weighted by molar-refractivity contribution is 5.12. The van der Waals surface area contributed by atoms with Gasteiger partial charge in [0.1, 0.15) is 0 Å². The molecule has 2 fully saturated rings. The highest BCUT2D eigenvalue weighted by Gasteiger charge is 2.28. The molecule has 0 spiro atoms. The number of rotatable bonds is 5. The molecular weight excluding hydrogens is 306 g/mol. The Morgan fingerprint density at radius 1 is 1.25 bits per heavy atom. The molecule has 1 atom stereocenters. The highest BCUT2D eigenvalue weighted by atomic mass is 16.5. The maximum atomic E-state index is 12.1. The average molecular weight is 329 g/mol. The van der Waals surface area contributed by atoms with Crippen LogP contribution in [0.5, 0.6) is 0 Å². The summed E-state index contributed by atoms with van der Waals surface area (Å²) in [7, 11) is 0. The van der Waals surface area contributed by atoms with Gasteiger partial charge in [0.2, 0.25) is 5.89 Å². The van der Waals surface area contributed by atoms with E-state index in [2.05, 4.69) is 27.1 Å². The number of nitrogens with zero attached hydrogens (tertiary/aromatic N) is 5. The first-order valence-electron chi connectivity index (χ1n) is 8.79. The van der Waals surface area contributed by atoms with Crippen LogP contribution < -0.4 is 5.56 Å². The molecule has 3 heterocycles. The number of piperidine rings is 1. The summed E-state index contributed by atoms with van der Waals surface area (Å²) in [6.45, 7) is 4.78. The Morgan fingerprint density at radius 2 is 2.04 bits per heavy atom. The zero-order valence-electron chi connectivity index (χ0n) is 14.0. The third kappa shape index (κ3) is 3.26. The van der Waals surface area contributed by atoms with E-state index in [1.807, 2.05) is 6.07 Å². The van der Waals surface area contributed by atoms with Crippen LogP contribution in [0.4, 0.5) is 0 Å². The van der Waals surface area contributed by atoms with Gasteiger partial charge in [-0.05, 0) is 57.7 Å². The average Bonchev–Trinajstić information content (AvgIpc) is 3.31. The minimum Gasteiger partial charge on any atom is -0.338 e. The molecule has 128 valence electrons. The van der Waals surface area contributed by atoms with Gasteiger partial charge in [0, 0.05) is 18.5 Å². The van der Waals surface area contributed by atoms with Gasteiger partial charge in [-0.25, -0.2) is 4.68 Å². The van der Waals surface area contributed by atoms with E-state index in [-0.39, 0.29) is 11.6 Å². The van der Waals surface area contributed by atoms with Crippen molar-refractivity contribution in [3.63, 3.8) is 0 Å². The summed E-state index contributed by atoms with van der Waals surface area (Å²) in [5.74, 6) is 1.74. The minimum atomic E-state index is 0.0149. The van der Waals surface area contributed by atoms with Crippen LogP contribution in [0.15, 0.2) is 27.8 Å². The lowest BCUT2D eigenvalue weighted by Gasteiger charge is -2.34. The fourth-order valence-corrected chi connectivity index (χ4v) is 3.48. The maximum absolute atomic E-state index is 12.1. The van der Waals surface area contributed by atoms with Gasteiger partial charge in [-0.1, -0.05) is 5.16 Å². The lowest BCUT2D eigenvalue weighted by molar-refractivity contribution is 0.112. The van der Waals surface area contributed by atoms with Crippen molar-refractivity contribution in [2.45, 2.75) is 51.1 Å². The van der Waals surface area contributed by atoms with E-state index in [1.54, 1.807) is 10.7 Å². The molecule has 0 amide bonds. The fourth-order valence-electron chi connectivity index (χ4n) is 3.48. The quantitative estimate of drug-likeness (QED) is 0.835. The van der Waals surface area contributed by atoms with Crippen molar-refractivity contribution in [3.05, 3.63) is 40.4 Å². The molecule has 1 saturated carbocycles. The molecule has 7 heteroatoms. The second-order valence-electron chi connectivity index (χ2n) is 6.99. The molecule has 0 N–H and O–H groups in total. The van der Waals surface area contributed by atoms with Crippen molar-refractivity contribution in [1.82, 2.24) is 24.8 Å². The van der Waals surface area contributed by atoms with Crippen molar-refractivity contribution < 1.29 is 4.52 Å². The summed E-state index contributed by atoms with van der Waals surface area (Å²) in [4.78, 5) is 18.6. The first kappa shape index (κ1) is 15.5. The van der Waals surface area contributed by atoms with Crippen molar-refractivity contribution in [1.29, 1.82) is 0 Å². The lowest BCUT2D eigenvalue weighted by atomic mass is 9.96. The normalized spacial score (nSPS) is 21.0. The fraction of sp³-hybridized carbons (Fsp3) is 0.647. The summed E-state index contributed by atoms with van der Waals surface area (Å²) in [6.07, 6.45) is 5.97. The molecule has 1 unspecified atom stereocenters. The van der Waals surface area contributed by atoms with Gasteiger partial charge in [-0.3, -0.25) is 9.69 Å². The van der Waals surface area contributed by atoms with E-state index in [4.69, 9.17) is 4.52 Å². The van der Waals surface area contributed by atoms with Crippen LogP contribution in [0.2, 0.25) is 0 Å². The predicted molar refractivity (Wildman–Crippen MR) is 87.5 cm³/mol. The summed E-state index contributed by atoms with van der Waals surface area (Å²) in [5, 5.41) is 8.27. The van der Waals surface area contributed by atoms with Crippen molar-refractivity contribution in [3.8, 4) is 0 Å². The van der Waals surface area contributed by atoms with Crippen LogP contribution in [-0.2, 0) is 6.54 Å². The maximum Gasteiger partial charge on any atom is 0.266 e. The van der Waals surface area contributed by atoms with Gasteiger partial charge in [-0.2, -0.15) is 10.1 Å². The third-order valence-corrected chi connectivity index (χ3v) is 5.25. The molecule has 1 aliphatic heterocycles. The minimum absolute atomic E-state index is 0.0149. The van der Waals surface area contributed by atoms with E-state index in [9.17, 15) is 4.79 Å². The van der Waals surface area contributed by atoms with E-state index in [1.165, 1.54) is 19.2 Å². The number of aromatic nitrogens is 4. The molecule has 4 rings (SSSR count). The zero-order chi connectivity index (χ0) is 16.5. The Hall–Kier alpha value is -2.02. The Bertz CT molecular complexity index is 730. The molecule has 1 saturated heterocycles. The van der Waals surface area contributed by atoms with Gasteiger partial charge >= 0.3 is 0 Å². The molecule has 0 radical (unpaired) electrons. The Labute approximate surface area is 140 Å². The van der Waals surface area contributed by atoms with Gasteiger partial charge in [0.05, 0.1) is 11.7 Å². The molecular formula is C17H23N5O2. The van der Waals surface area contributed by atoms with Crippen molar-refractivity contribution >= 4 is 0 Å². The number of likely N-dealkylation sites (tertiary alicyclic amines) is 1. The first-order valence-corrected chi connectivity index (χ1v) is 8.79. The van der Waals surface area contributed by atoms with Crippen LogP contribution >= 0.6 is 0 Å². The summed E-state index contributed by atoms with van der Waals surface area (Å²) < 4.78 is 6.85. The summed E-state index contributed by atoms with van der Waals surface area (Å²) in [5.41, 5.74) is 1.10. The number of hydrogen-bond donors (Lipinski definition) is 0. The summed E-state index contributed by atoms with van der Waals surface area (Å²) in [6, 6.07) is 3.71. The smallest absolute Gasteiger partial charge is 0.266 e. The first-order chi connectivity index (χ1) is 11.7. The van der Waals surface area contributed by atoms with Crippen LogP contribution in [0.3, 0.4) is 0 Å². The van der Waals surface area contributed by atoms with E-state index in [0.29, 0.717) is 17.7 Å². The van der Waals surface area contributed by atoms with Crippen molar-refractivity contribution in [2.75, 3.05) is 13.1 Å². The Morgan fingerprint density at radius 3 is 2.71 bits per heavy atom. The topological polar surface area (TPSA) is 77.1 Å². The third-order valence-electron chi connectivity index (χ3n) is 5.25. The molecule has 2 aromatic heterocycles. The second kappa shape index (κ2) is 6.47. The van der Waals surface area contributed by atoms with Crippen LogP contribution in [0, 0.1) is 5.92 Å². The molecule has 7 nitrogen and oxygen atoms in total. The van der Waals surface area contributed by atoms with Crippen LogP contribution in [0.1, 0.15) is 56.2 Å². The van der Waals surface area contributed by atoms with Crippen LogP contribution in [-0.4, -0.2) is 37.9 Å². The van der Waals surface area contributed by atoms with Crippen molar-refractivity contribution in [2.24, 2.45) is 5.92 Å². The summed E-state index contributed by atoms with van der Waals surface area (Å²) >= 11 is 0.